The molecule has 0 aromatic heterocycles. The molecule has 0 nitrogen and oxygen atoms in total. The van der Waals surface area contributed by atoms with Gasteiger partial charge in [-0.25, -0.2) is 0 Å². The van der Waals surface area contributed by atoms with E-state index in [1.54, 1.807) is 95.8 Å². The zero-order valence-electron chi connectivity index (χ0n) is 48.1. The predicted molar refractivity (Wildman–Crippen MR) is 325 cm³/mol. The zero-order chi connectivity index (χ0) is 52.4. The van der Waals surface area contributed by atoms with Crippen LogP contribution in [0.4, 0.5) is 0 Å². The maximum atomic E-state index is 3.34. The molecule has 0 atom stereocenters. The first-order chi connectivity index (χ1) is 37.0. The number of rotatable bonds is 0. The van der Waals surface area contributed by atoms with Gasteiger partial charge in [-0.2, -0.15) is 89.2 Å². The normalized spacial score (nSPS) is 12.7. The van der Waals surface area contributed by atoms with Crippen LogP contribution in [0.1, 0.15) is 146 Å². The van der Waals surface area contributed by atoms with Gasteiger partial charge in [0.05, 0.1) is 0 Å². The molecule has 79 heavy (non-hydrogen) atoms. The number of hydrogen-bond acceptors (Lipinski definition) is 0. The molecule has 18 rings (SSSR count). The second-order valence-corrected chi connectivity index (χ2v) is 20.5. The van der Waals surface area contributed by atoms with E-state index in [2.05, 4.69) is 182 Å². The van der Waals surface area contributed by atoms with Crippen LogP contribution in [0.15, 0.2) is 115 Å². The van der Waals surface area contributed by atoms with E-state index in [0.29, 0.717) is 0 Å². The summed E-state index contributed by atoms with van der Waals surface area (Å²) >= 11 is 0. The molecule has 0 bridgehead atoms. The number of benzene rings is 9. The van der Waals surface area contributed by atoms with E-state index in [9.17, 15) is 0 Å². The maximum Gasteiger partial charge on any atom is 3.00 e. The Bertz CT molecular complexity index is 3600. The SMILES string of the molecule is Cc1ccc2c(c1)Cc1c-2cc2c3c1Cc1c[c-]cc(c1-3)C2.Cc1ccc2c(c1)Cc1c-2cc2c3c1Cc1c[c-]cc(c1-3)C2.[CH2-]C.[CH2-]C.[CH2-]C.[CH2-]C.[CH2-]C.[CH3-].[Y+3].[Y+3].[Y+3].[c-]1cc2c3c(c1)Cc1c4c(cc(c1-3)C2)-c1ccccc1C4. The van der Waals surface area contributed by atoms with Crippen molar-refractivity contribution in [3.05, 3.63) is 287 Å². The minimum absolute atomic E-state index is 0. The summed E-state index contributed by atoms with van der Waals surface area (Å²) in [5.74, 6) is 0. The summed E-state index contributed by atoms with van der Waals surface area (Å²) < 4.78 is 0. The standard InChI is InChI=1S/2C22H15.C21H13.5C2H5.CH3.3Y/c2*1-12-5-6-17-15(7-12)10-19-18(17)11-16-8-13-3-2-4-14-9-20(19)22(16)21(13)14;1-2-7-16-12(4-1)9-18-17(16)11-15-8-13-5-3-6-14-10-19(18)21(15)20(13)14;5*1-2;;;;/h2*3-7,11H,8-10H2,1H3;1-2,4-7,11H,8-10H2;5*1H2,2H3;1H3;;;/q9*-1;3*+3. The zero-order valence-corrected chi connectivity index (χ0v) is 56.6. The van der Waals surface area contributed by atoms with Crippen molar-refractivity contribution in [3.8, 4) is 66.8 Å². The van der Waals surface area contributed by atoms with Crippen LogP contribution in [0, 0.1) is 74.1 Å². The quantitative estimate of drug-likeness (QED) is 0.133. The Labute approximate surface area is 551 Å². The first-order valence-electron chi connectivity index (χ1n) is 27.4. The fourth-order valence-corrected chi connectivity index (χ4v) is 14.3. The van der Waals surface area contributed by atoms with Gasteiger partial charge in [-0.15, -0.1) is 50.1 Å². The molecule has 0 fully saturated rings. The van der Waals surface area contributed by atoms with E-state index in [-0.39, 0.29) is 106 Å². The average molecular weight is 1250 g/mol. The molecule has 9 aliphatic rings. The number of fused-ring (bicyclic) bond motifs is 12. The van der Waals surface area contributed by atoms with Crippen LogP contribution in [0.5, 0.6) is 0 Å². The summed E-state index contributed by atoms with van der Waals surface area (Å²) in [6, 6.07) is 53.4. The fraction of sp³-hybridized carbons (Fsp3) is 0.211. The number of hydrogen-bond donors (Lipinski definition) is 0. The molecule has 3 heteroatoms. The molecule has 0 N–H and O–H groups in total. The Morgan fingerprint density at radius 1 is 0.266 bits per heavy atom. The van der Waals surface area contributed by atoms with Gasteiger partial charge >= 0.3 is 98.1 Å². The summed E-state index contributed by atoms with van der Waals surface area (Å²) in [6.07, 6.45) is 9.95. The smallest absolute Gasteiger partial charge is 0.358 e. The van der Waals surface area contributed by atoms with Crippen LogP contribution >= 0.6 is 0 Å². The van der Waals surface area contributed by atoms with Crippen LogP contribution in [-0.4, -0.2) is 0 Å². The molecule has 0 radical (unpaired) electrons. The van der Waals surface area contributed by atoms with E-state index in [0.717, 1.165) is 57.8 Å². The van der Waals surface area contributed by atoms with E-state index in [4.69, 9.17) is 0 Å². The van der Waals surface area contributed by atoms with Gasteiger partial charge in [0.15, 0.2) is 0 Å². The fourth-order valence-electron chi connectivity index (χ4n) is 14.3. The third-order valence-corrected chi connectivity index (χ3v) is 16.9. The Morgan fingerprint density at radius 3 is 0.886 bits per heavy atom. The van der Waals surface area contributed by atoms with Crippen molar-refractivity contribution in [2.75, 3.05) is 0 Å². The first kappa shape index (κ1) is 62.9. The van der Waals surface area contributed by atoms with Gasteiger partial charge in [0.2, 0.25) is 0 Å². The molecule has 0 spiro atoms. The molecule has 9 aliphatic carbocycles. The van der Waals surface area contributed by atoms with Crippen LogP contribution in [0.3, 0.4) is 0 Å². The van der Waals surface area contributed by atoms with Crippen molar-refractivity contribution in [3.63, 3.8) is 0 Å². The Kier molecular flexibility index (Phi) is 20.9. The van der Waals surface area contributed by atoms with Gasteiger partial charge in [0.1, 0.15) is 0 Å². The van der Waals surface area contributed by atoms with Crippen molar-refractivity contribution in [2.45, 2.75) is 106 Å². The van der Waals surface area contributed by atoms with Gasteiger partial charge in [-0.05, 0) is 188 Å². The van der Waals surface area contributed by atoms with E-state index >= 15 is 0 Å². The molecule has 0 heterocycles. The van der Waals surface area contributed by atoms with Crippen molar-refractivity contribution in [2.24, 2.45) is 0 Å². The molecule has 9 aromatic carbocycles. The Balaban J connectivity index is 0.000000155. The second-order valence-electron chi connectivity index (χ2n) is 20.5. The maximum absolute atomic E-state index is 3.34. The Morgan fingerprint density at radius 2 is 0.544 bits per heavy atom. The molecule has 9 aromatic rings. The van der Waals surface area contributed by atoms with Gasteiger partial charge in [-0.3, -0.25) is 0 Å². The van der Waals surface area contributed by atoms with Crippen LogP contribution in [0.2, 0.25) is 0 Å². The van der Waals surface area contributed by atoms with Crippen molar-refractivity contribution >= 4 is 0 Å². The summed E-state index contributed by atoms with van der Waals surface area (Å²) in [4.78, 5) is 0. The topological polar surface area (TPSA) is 0 Å². The van der Waals surface area contributed by atoms with Gasteiger partial charge in [0.25, 0.3) is 0 Å². The average Bonchev–Trinajstić information content (AvgIpc) is 4.51. The molecular weight excluding hydrogens is 1180 g/mol. The monoisotopic (exact) mass is 1250 g/mol. The molecule has 0 saturated carbocycles. The van der Waals surface area contributed by atoms with Gasteiger partial charge in [0, 0.05) is 0 Å². The first-order valence-corrected chi connectivity index (χ1v) is 27.4. The largest absolute Gasteiger partial charge is 3.00 e. The third-order valence-electron chi connectivity index (χ3n) is 16.9. The molecular formula is C76H71Y3. The molecule has 0 aliphatic heterocycles. The molecule has 384 valence electrons. The van der Waals surface area contributed by atoms with Crippen LogP contribution in [-0.2, 0) is 156 Å². The van der Waals surface area contributed by atoms with E-state index in [1.165, 1.54) is 117 Å². The second kappa shape index (κ2) is 26.3. The van der Waals surface area contributed by atoms with Crippen LogP contribution < -0.4 is 0 Å². The third kappa shape index (κ3) is 10.2. The van der Waals surface area contributed by atoms with E-state index in [1.807, 2.05) is 0 Å². The predicted octanol–water partition coefficient (Wildman–Crippen LogP) is 18.9. The summed E-state index contributed by atoms with van der Waals surface area (Å²) in [6.45, 7) is 29.4. The van der Waals surface area contributed by atoms with Crippen LogP contribution in [0.25, 0.3) is 66.8 Å². The molecule has 0 saturated heterocycles. The summed E-state index contributed by atoms with van der Waals surface area (Å²) in [7, 11) is 0. The molecule has 0 amide bonds. The Hall–Kier alpha value is -3.71. The van der Waals surface area contributed by atoms with Gasteiger partial charge < -0.3 is 42.0 Å². The van der Waals surface area contributed by atoms with E-state index < -0.39 is 0 Å². The van der Waals surface area contributed by atoms with Crippen molar-refractivity contribution < 1.29 is 98.1 Å². The minimum atomic E-state index is 0. The molecule has 0 unspecified atom stereocenters. The minimum Gasteiger partial charge on any atom is -0.358 e. The van der Waals surface area contributed by atoms with Crippen molar-refractivity contribution in [1.29, 1.82) is 0 Å². The van der Waals surface area contributed by atoms with Crippen molar-refractivity contribution in [1.82, 2.24) is 0 Å². The summed E-state index contributed by atoms with van der Waals surface area (Å²) in [5, 5.41) is 0. The number of aryl methyl sites for hydroxylation is 2. The van der Waals surface area contributed by atoms with Gasteiger partial charge in [-0.1, -0.05) is 90.0 Å². The summed E-state index contributed by atoms with van der Waals surface area (Å²) in [5.41, 5.74) is 48.6.